The number of phenolic OH excluding ortho intramolecular Hbond substituents is 1. The molecule has 0 radical (unpaired) electrons. The molecular formula is C14H9Br2Cl2NO2. The van der Waals surface area contributed by atoms with Crippen LogP contribution >= 0.6 is 55.1 Å². The van der Waals surface area contributed by atoms with Crippen molar-refractivity contribution in [3.63, 3.8) is 0 Å². The Morgan fingerprint density at radius 2 is 1.95 bits per heavy atom. The summed E-state index contributed by atoms with van der Waals surface area (Å²) in [5.74, 6) is 0.0927. The van der Waals surface area contributed by atoms with Gasteiger partial charge in [0.1, 0.15) is 12.4 Å². The predicted octanol–water partition coefficient (Wildman–Crippen LogP) is 5.77. The Morgan fingerprint density at radius 3 is 2.67 bits per heavy atom. The second-order valence-electron chi connectivity index (χ2n) is 4.07. The van der Waals surface area contributed by atoms with Gasteiger partial charge in [-0.1, -0.05) is 50.4 Å². The van der Waals surface area contributed by atoms with Gasteiger partial charge in [-0.15, -0.1) is 0 Å². The fourth-order valence-electron chi connectivity index (χ4n) is 1.52. The first-order valence-corrected chi connectivity index (χ1v) is 8.09. The number of hydrogen-bond donors (Lipinski definition) is 1. The molecule has 0 aromatic heterocycles. The summed E-state index contributed by atoms with van der Waals surface area (Å²) in [6, 6.07) is 8.60. The first kappa shape index (κ1) is 16.6. The van der Waals surface area contributed by atoms with Gasteiger partial charge >= 0.3 is 0 Å². The Hall–Kier alpha value is -0.750. The average molecular weight is 454 g/mol. The molecular weight excluding hydrogens is 445 g/mol. The van der Waals surface area contributed by atoms with Crippen LogP contribution in [0.5, 0.6) is 5.75 Å². The number of benzene rings is 2. The zero-order chi connectivity index (χ0) is 15.4. The van der Waals surface area contributed by atoms with Crippen molar-refractivity contribution < 1.29 is 9.94 Å². The van der Waals surface area contributed by atoms with Crippen LogP contribution in [0.2, 0.25) is 10.0 Å². The molecule has 21 heavy (non-hydrogen) atoms. The Bertz CT molecular complexity index is 693. The fraction of sp³-hybridized carbons (Fsp3) is 0.0714. The maximum absolute atomic E-state index is 9.86. The summed E-state index contributed by atoms with van der Waals surface area (Å²) in [5, 5.41) is 14.8. The summed E-state index contributed by atoms with van der Waals surface area (Å²) < 4.78 is 1.38. The molecule has 0 atom stereocenters. The second kappa shape index (κ2) is 7.49. The zero-order valence-corrected chi connectivity index (χ0v) is 15.2. The molecule has 0 aliphatic carbocycles. The standard InChI is InChI=1S/C14H9Br2Cl2NO2/c15-10-3-9(14(20)12(16)4-10)6-19-21-7-8-1-2-11(17)5-13(8)18/h1-6,20H,7H2/b19-6+. The van der Waals surface area contributed by atoms with E-state index in [9.17, 15) is 5.11 Å². The van der Waals surface area contributed by atoms with E-state index in [-0.39, 0.29) is 12.4 Å². The van der Waals surface area contributed by atoms with Crippen LogP contribution in [0.4, 0.5) is 0 Å². The van der Waals surface area contributed by atoms with Crippen molar-refractivity contribution in [2.24, 2.45) is 5.16 Å². The van der Waals surface area contributed by atoms with E-state index < -0.39 is 0 Å². The van der Waals surface area contributed by atoms with E-state index in [1.165, 1.54) is 6.21 Å². The highest BCUT2D eigenvalue weighted by atomic mass is 79.9. The molecule has 0 fully saturated rings. The smallest absolute Gasteiger partial charge is 0.143 e. The lowest BCUT2D eigenvalue weighted by Crippen LogP contribution is -1.90. The van der Waals surface area contributed by atoms with Gasteiger partial charge in [0.2, 0.25) is 0 Å². The van der Waals surface area contributed by atoms with Crippen LogP contribution in [-0.2, 0) is 11.4 Å². The molecule has 2 aromatic carbocycles. The van der Waals surface area contributed by atoms with Gasteiger partial charge in [0.15, 0.2) is 0 Å². The van der Waals surface area contributed by atoms with Crippen molar-refractivity contribution in [1.29, 1.82) is 0 Å². The molecule has 0 aliphatic rings. The highest BCUT2D eigenvalue weighted by Crippen LogP contribution is 2.30. The minimum absolute atomic E-state index is 0.0927. The molecule has 2 rings (SSSR count). The molecule has 110 valence electrons. The molecule has 0 saturated carbocycles. The second-order valence-corrected chi connectivity index (χ2v) is 6.68. The maximum Gasteiger partial charge on any atom is 0.143 e. The Morgan fingerprint density at radius 1 is 1.19 bits per heavy atom. The lowest BCUT2D eigenvalue weighted by molar-refractivity contribution is 0.132. The number of oxime groups is 1. The van der Waals surface area contributed by atoms with Crippen LogP contribution in [0, 0.1) is 0 Å². The van der Waals surface area contributed by atoms with Crippen molar-refractivity contribution in [3.8, 4) is 5.75 Å². The molecule has 2 aromatic rings. The van der Waals surface area contributed by atoms with Crippen LogP contribution in [0.3, 0.4) is 0 Å². The van der Waals surface area contributed by atoms with Crippen LogP contribution in [0.15, 0.2) is 44.4 Å². The minimum Gasteiger partial charge on any atom is -0.506 e. The average Bonchev–Trinajstić information content (AvgIpc) is 2.41. The van der Waals surface area contributed by atoms with Gasteiger partial charge in [-0.05, 0) is 40.2 Å². The summed E-state index contributed by atoms with van der Waals surface area (Å²) >= 11 is 18.4. The molecule has 3 nitrogen and oxygen atoms in total. The topological polar surface area (TPSA) is 41.8 Å². The molecule has 7 heteroatoms. The zero-order valence-electron chi connectivity index (χ0n) is 10.5. The fourth-order valence-corrected chi connectivity index (χ4v) is 3.25. The summed E-state index contributed by atoms with van der Waals surface area (Å²) in [7, 11) is 0. The van der Waals surface area contributed by atoms with Crippen molar-refractivity contribution >= 4 is 61.3 Å². The lowest BCUT2D eigenvalue weighted by Gasteiger charge is -2.04. The molecule has 0 bridgehead atoms. The van der Waals surface area contributed by atoms with Crippen LogP contribution < -0.4 is 0 Å². The van der Waals surface area contributed by atoms with Crippen molar-refractivity contribution in [1.82, 2.24) is 0 Å². The van der Waals surface area contributed by atoms with Crippen molar-refractivity contribution in [2.45, 2.75) is 6.61 Å². The quantitative estimate of drug-likeness (QED) is 0.471. The molecule has 0 spiro atoms. The third-order valence-corrected chi connectivity index (χ3v) is 4.21. The lowest BCUT2D eigenvalue weighted by atomic mass is 10.2. The first-order valence-electron chi connectivity index (χ1n) is 5.74. The van der Waals surface area contributed by atoms with Gasteiger partial charge in [0.05, 0.1) is 10.7 Å². The summed E-state index contributed by atoms with van der Waals surface area (Å²) in [6.07, 6.45) is 1.43. The Kier molecular flexibility index (Phi) is 5.93. The first-order chi connectivity index (χ1) is 9.97. The summed E-state index contributed by atoms with van der Waals surface area (Å²) in [6.45, 7) is 0.211. The molecule has 1 N–H and O–H groups in total. The molecule has 0 aliphatic heterocycles. The van der Waals surface area contributed by atoms with E-state index in [1.54, 1.807) is 30.3 Å². The summed E-state index contributed by atoms with van der Waals surface area (Å²) in [5.41, 5.74) is 1.30. The molecule has 0 heterocycles. The van der Waals surface area contributed by atoms with Gasteiger partial charge in [0, 0.05) is 25.6 Å². The minimum atomic E-state index is 0.0927. The summed E-state index contributed by atoms with van der Waals surface area (Å²) in [4.78, 5) is 5.18. The van der Waals surface area contributed by atoms with Gasteiger partial charge in [-0.2, -0.15) is 0 Å². The number of hydrogen-bond acceptors (Lipinski definition) is 3. The van der Waals surface area contributed by atoms with E-state index >= 15 is 0 Å². The van der Waals surface area contributed by atoms with E-state index in [4.69, 9.17) is 28.0 Å². The Labute approximate surface area is 148 Å². The van der Waals surface area contributed by atoms with Crippen LogP contribution in [-0.4, -0.2) is 11.3 Å². The van der Waals surface area contributed by atoms with E-state index in [2.05, 4.69) is 37.0 Å². The Balaban J connectivity index is 2.03. The maximum atomic E-state index is 9.86. The third-order valence-electron chi connectivity index (χ3n) is 2.56. The molecule has 0 saturated heterocycles. The SMILES string of the molecule is Oc1c(Br)cc(Br)cc1/C=N/OCc1ccc(Cl)cc1Cl. The van der Waals surface area contributed by atoms with E-state index in [1.807, 2.05) is 0 Å². The van der Waals surface area contributed by atoms with Gasteiger partial charge in [-0.25, -0.2) is 0 Å². The number of rotatable bonds is 4. The van der Waals surface area contributed by atoms with Gasteiger partial charge < -0.3 is 9.94 Å². The normalized spacial score (nSPS) is 11.0. The highest BCUT2D eigenvalue weighted by molar-refractivity contribution is 9.11. The number of nitrogens with zero attached hydrogens (tertiary/aromatic N) is 1. The van der Waals surface area contributed by atoms with E-state index in [0.29, 0.717) is 20.1 Å². The van der Waals surface area contributed by atoms with Crippen LogP contribution in [0.25, 0.3) is 0 Å². The monoisotopic (exact) mass is 451 g/mol. The highest BCUT2D eigenvalue weighted by Gasteiger charge is 2.05. The van der Waals surface area contributed by atoms with Crippen molar-refractivity contribution in [2.75, 3.05) is 0 Å². The van der Waals surface area contributed by atoms with Crippen LogP contribution in [0.1, 0.15) is 11.1 Å². The predicted molar refractivity (Wildman–Crippen MR) is 92.4 cm³/mol. The molecule has 0 unspecified atom stereocenters. The van der Waals surface area contributed by atoms with Gasteiger partial charge in [-0.3, -0.25) is 0 Å². The van der Waals surface area contributed by atoms with E-state index in [0.717, 1.165) is 10.0 Å². The van der Waals surface area contributed by atoms with Crippen molar-refractivity contribution in [3.05, 3.63) is 60.4 Å². The van der Waals surface area contributed by atoms with Gasteiger partial charge in [0.25, 0.3) is 0 Å². The number of aromatic hydroxyl groups is 1. The number of halogens is 4. The molecule has 0 amide bonds. The largest absolute Gasteiger partial charge is 0.506 e. The third kappa shape index (κ3) is 4.61. The number of phenols is 1.